The Morgan fingerprint density at radius 2 is 2.00 bits per heavy atom. The summed E-state index contributed by atoms with van der Waals surface area (Å²) in [6, 6.07) is 8.11. The monoisotopic (exact) mass is 327 g/mol. The molecule has 1 heterocycles. The van der Waals surface area contributed by atoms with Gasteiger partial charge in [-0.25, -0.2) is 9.78 Å². The van der Waals surface area contributed by atoms with Gasteiger partial charge in [0, 0.05) is 16.3 Å². The number of hydrogen-bond donors (Lipinski definition) is 1. The number of aromatic carboxylic acids is 1. The number of thioether (sulfide) groups is 1. The number of benzene rings is 1. The Morgan fingerprint density at radius 3 is 2.55 bits per heavy atom. The minimum absolute atomic E-state index is 0.0731. The van der Waals surface area contributed by atoms with Gasteiger partial charge in [0.1, 0.15) is 5.69 Å². The average Bonchev–Trinajstić information content (AvgIpc) is 2.47. The summed E-state index contributed by atoms with van der Waals surface area (Å²) < 4.78 is 38.1. The van der Waals surface area contributed by atoms with E-state index in [-0.39, 0.29) is 10.9 Å². The van der Waals surface area contributed by atoms with Crippen LogP contribution in [-0.2, 0) is 6.18 Å². The number of nitrogens with zero attached hydrogens (tertiary/aromatic N) is 1. The summed E-state index contributed by atoms with van der Waals surface area (Å²) in [7, 11) is 0. The number of pyridine rings is 1. The van der Waals surface area contributed by atoms with Crippen LogP contribution >= 0.6 is 11.8 Å². The topological polar surface area (TPSA) is 50.2 Å². The van der Waals surface area contributed by atoms with Gasteiger partial charge in [0.05, 0.1) is 5.56 Å². The van der Waals surface area contributed by atoms with E-state index in [2.05, 4.69) is 4.98 Å². The highest BCUT2D eigenvalue weighted by Gasteiger charge is 2.30. The van der Waals surface area contributed by atoms with Crippen molar-refractivity contribution in [2.75, 3.05) is 0 Å². The van der Waals surface area contributed by atoms with Crippen molar-refractivity contribution in [3.05, 3.63) is 59.4 Å². The molecule has 1 N–H and O–H groups in total. The highest BCUT2D eigenvalue weighted by Crippen LogP contribution is 2.37. The molecule has 1 aromatic carbocycles. The van der Waals surface area contributed by atoms with Crippen LogP contribution in [0.3, 0.4) is 0 Å². The maximum atomic E-state index is 12.7. The van der Waals surface area contributed by atoms with Gasteiger partial charge in [0.25, 0.3) is 0 Å². The maximum absolute atomic E-state index is 12.7. The molecule has 0 spiro atoms. The zero-order valence-electron chi connectivity index (χ0n) is 11.5. The van der Waals surface area contributed by atoms with E-state index in [1.165, 1.54) is 30.1 Å². The minimum atomic E-state index is -4.37. The van der Waals surface area contributed by atoms with E-state index in [0.717, 1.165) is 12.1 Å². The summed E-state index contributed by atoms with van der Waals surface area (Å²) in [6.45, 7) is 1.78. The van der Waals surface area contributed by atoms with Gasteiger partial charge in [0.15, 0.2) is 0 Å². The number of rotatable bonds is 4. The summed E-state index contributed by atoms with van der Waals surface area (Å²) in [5.74, 6) is -1.12. The normalized spacial score (nSPS) is 12.9. The first kappa shape index (κ1) is 16.4. The smallest absolute Gasteiger partial charge is 0.416 e. The van der Waals surface area contributed by atoms with E-state index >= 15 is 0 Å². The molecule has 2 rings (SSSR count). The second-order valence-corrected chi connectivity index (χ2v) is 5.98. The Labute approximate surface area is 129 Å². The molecule has 1 aromatic heterocycles. The molecule has 7 heteroatoms. The molecule has 2 aromatic rings. The van der Waals surface area contributed by atoms with Crippen molar-refractivity contribution >= 4 is 17.7 Å². The fourth-order valence-corrected chi connectivity index (χ4v) is 2.77. The number of carboxylic acids is 1. The first-order chi connectivity index (χ1) is 10.3. The number of aromatic nitrogens is 1. The van der Waals surface area contributed by atoms with Gasteiger partial charge >= 0.3 is 12.1 Å². The molecule has 22 heavy (non-hydrogen) atoms. The van der Waals surface area contributed by atoms with Crippen LogP contribution in [0.5, 0.6) is 0 Å². The Balaban J connectivity index is 2.15. The van der Waals surface area contributed by atoms with Crippen molar-refractivity contribution in [2.45, 2.75) is 23.2 Å². The molecule has 0 saturated heterocycles. The highest BCUT2D eigenvalue weighted by molar-refractivity contribution is 7.99. The molecular formula is C15H12F3NO2S. The summed E-state index contributed by atoms with van der Waals surface area (Å²) in [4.78, 5) is 15.2. The molecule has 0 unspecified atom stereocenters. The molecule has 0 amide bonds. The molecule has 1 atom stereocenters. The lowest BCUT2D eigenvalue weighted by Gasteiger charge is -2.14. The summed E-state index contributed by atoms with van der Waals surface area (Å²) >= 11 is 1.31. The summed E-state index contributed by atoms with van der Waals surface area (Å²) in [5.41, 5.74) is -0.213. The largest absolute Gasteiger partial charge is 0.477 e. The second-order valence-electron chi connectivity index (χ2n) is 4.57. The number of halogens is 3. The van der Waals surface area contributed by atoms with Crippen LogP contribution in [0.1, 0.15) is 33.8 Å². The molecular weight excluding hydrogens is 315 g/mol. The molecule has 0 saturated carbocycles. The van der Waals surface area contributed by atoms with E-state index in [4.69, 9.17) is 5.11 Å². The van der Waals surface area contributed by atoms with Crippen LogP contribution in [0, 0.1) is 0 Å². The fraction of sp³-hybridized carbons (Fsp3) is 0.200. The molecule has 0 aliphatic carbocycles. The molecule has 0 radical (unpaired) electrons. The van der Waals surface area contributed by atoms with Crippen LogP contribution in [0.25, 0.3) is 0 Å². The summed E-state index contributed by atoms with van der Waals surface area (Å²) in [6.07, 6.45) is -2.97. The number of carboxylic acid groups (broad SMARTS) is 1. The van der Waals surface area contributed by atoms with Gasteiger partial charge in [0.2, 0.25) is 0 Å². The van der Waals surface area contributed by atoms with Gasteiger partial charge in [-0.3, -0.25) is 0 Å². The third kappa shape index (κ3) is 4.00. The SMILES string of the molecule is C[C@@H](Sc1ccc(C(=O)O)nc1)c1cccc(C(F)(F)F)c1. The quantitative estimate of drug-likeness (QED) is 0.830. The van der Waals surface area contributed by atoms with Crippen LogP contribution in [-0.4, -0.2) is 16.1 Å². The first-order valence-corrected chi connectivity index (χ1v) is 7.18. The van der Waals surface area contributed by atoms with Gasteiger partial charge in [-0.15, -0.1) is 11.8 Å². The van der Waals surface area contributed by atoms with E-state index < -0.39 is 17.7 Å². The van der Waals surface area contributed by atoms with Crippen LogP contribution in [0.15, 0.2) is 47.5 Å². The standard InChI is InChI=1S/C15H12F3NO2S/c1-9(10-3-2-4-11(7-10)15(16,17)18)22-12-5-6-13(14(20)21)19-8-12/h2-9H,1H3,(H,20,21)/t9-/m1/s1. The van der Waals surface area contributed by atoms with E-state index in [1.54, 1.807) is 19.1 Å². The van der Waals surface area contributed by atoms with Crippen molar-refractivity contribution in [2.24, 2.45) is 0 Å². The lowest BCUT2D eigenvalue weighted by molar-refractivity contribution is -0.137. The predicted octanol–water partition coefficient (Wildman–Crippen LogP) is 4.65. The molecule has 3 nitrogen and oxygen atoms in total. The predicted molar refractivity (Wildman–Crippen MR) is 76.9 cm³/mol. The van der Waals surface area contributed by atoms with Gasteiger partial charge < -0.3 is 5.11 Å². The molecule has 0 bridgehead atoms. The minimum Gasteiger partial charge on any atom is -0.477 e. The lowest BCUT2D eigenvalue weighted by Crippen LogP contribution is -2.05. The highest BCUT2D eigenvalue weighted by atomic mass is 32.2. The second kappa shape index (κ2) is 6.39. The first-order valence-electron chi connectivity index (χ1n) is 6.30. The van der Waals surface area contributed by atoms with Gasteiger partial charge in [-0.1, -0.05) is 18.2 Å². The third-order valence-electron chi connectivity index (χ3n) is 2.95. The fourth-order valence-electron chi connectivity index (χ4n) is 1.82. The molecule has 116 valence electrons. The van der Waals surface area contributed by atoms with Crippen molar-refractivity contribution in [3.63, 3.8) is 0 Å². The molecule has 0 aliphatic rings. The van der Waals surface area contributed by atoms with Crippen molar-refractivity contribution in [1.82, 2.24) is 4.98 Å². The van der Waals surface area contributed by atoms with Crippen LogP contribution in [0.4, 0.5) is 13.2 Å². The maximum Gasteiger partial charge on any atom is 0.416 e. The zero-order chi connectivity index (χ0) is 16.3. The van der Waals surface area contributed by atoms with E-state index in [9.17, 15) is 18.0 Å². The molecule has 0 aliphatic heterocycles. The molecule has 0 fully saturated rings. The summed E-state index contributed by atoms with van der Waals surface area (Å²) in [5, 5.41) is 8.54. The van der Waals surface area contributed by atoms with E-state index in [1.807, 2.05) is 0 Å². The Bertz CT molecular complexity index is 671. The Morgan fingerprint density at radius 1 is 1.27 bits per heavy atom. The third-order valence-corrected chi connectivity index (χ3v) is 4.09. The Hall–Kier alpha value is -2.02. The van der Waals surface area contributed by atoms with Crippen LogP contribution < -0.4 is 0 Å². The number of hydrogen-bond acceptors (Lipinski definition) is 3. The van der Waals surface area contributed by atoms with E-state index in [0.29, 0.717) is 10.5 Å². The number of carbonyl (C=O) groups is 1. The average molecular weight is 327 g/mol. The Kier molecular flexibility index (Phi) is 4.75. The number of alkyl halides is 3. The van der Waals surface area contributed by atoms with Crippen molar-refractivity contribution in [3.8, 4) is 0 Å². The van der Waals surface area contributed by atoms with Crippen molar-refractivity contribution < 1.29 is 23.1 Å². The van der Waals surface area contributed by atoms with Crippen molar-refractivity contribution in [1.29, 1.82) is 0 Å². The lowest BCUT2D eigenvalue weighted by atomic mass is 10.1. The van der Waals surface area contributed by atoms with Gasteiger partial charge in [-0.05, 0) is 30.7 Å². The van der Waals surface area contributed by atoms with Gasteiger partial charge in [-0.2, -0.15) is 13.2 Å². The zero-order valence-corrected chi connectivity index (χ0v) is 12.3. The van der Waals surface area contributed by atoms with Crippen LogP contribution in [0.2, 0.25) is 0 Å².